The van der Waals surface area contributed by atoms with Crippen molar-refractivity contribution < 1.29 is 17.9 Å². The van der Waals surface area contributed by atoms with Gasteiger partial charge in [-0.2, -0.15) is 0 Å². The Labute approximate surface area is 196 Å². The summed E-state index contributed by atoms with van der Waals surface area (Å²) in [5, 5.41) is 3.01. The number of anilines is 1. The summed E-state index contributed by atoms with van der Waals surface area (Å²) in [7, 11) is -3.69. The summed E-state index contributed by atoms with van der Waals surface area (Å²) in [6, 6.07) is 23.8. The second-order valence-corrected chi connectivity index (χ2v) is 10.2. The molecule has 33 heavy (non-hydrogen) atoms. The Morgan fingerprint density at radius 3 is 2.03 bits per heavy atom. The topological polar surface area (TPSA) is 75.7 Å². The van der Waals surface area contributed by atoms with Gasteiger partial charge >= 0.3 is 0 Å². The van der Waals surface area contributed by atoms with Gasteiger partial charge in [-0.15, -0.1) is 0 Å². The maximum atomic E-state index is 13.1. The van der Waals surface area contributed by atoms with Crippen LogP contribution in [0.3, 0.4) is 0 Å². The molecular weight excluding hydrogens is 436 g/mol. The largest absolute Gasteiger partial charge is 0.491 e. The number of nitrogens with one attached hydrogen (secondary N) is 1. The molecule has 0 radical (unpaired) electrons. The zero-order valence-corrected chi connectivity index (χ0v) is 20.2. The summed E-state index contributed by atoms with van der Waals surface area (Å²) < 4.78 is 31.7. The third-order valence-corrected chi connectivity index (χ3v) is 6.17. The van der Waals surface area contributed by atoms with E-state index in [0.29, 0.717) is 11.4 Å². The maximum Gasteiger partial charge on any atom is 0.241 e. The Morgan fingerprint density at radius 2 is 1.48 bits per heavy atom. The summed E-state index contributed by atoms with van der Waals surface area (Å²) in [6.45, 7) is 5.50. The van der Waals surface area contributed by atoms with Gasteiger partial charge in [-0.1, -0.05) is 60.2 Å². The highest BCUT2D eigenvalue weighted by Crippen LogP contribution is 2.24. The van der Waals surface area contributed by atoms with Crippen LogP contribution in [0.2, 0.25) is 0 Å². The number of carbonyl (C=O) groups excluding carboxylic acids is 1. The smallest absolute Gasteiger partial charge is 0.241 e. The van der Waals surface area contributed by atoms with Gasteiger partial charge in [-0.25, -0.2) is 8.42 Å². The van der Waals surface area contributed by atoms with Crippen LogP contribution in [0.5, 0.6) is 5.75 Å². The Bertz CT molecular complexity index is 1160. The summed E-state index contributed by atoms with van der Waals surface area (Å²) >= 11 is 0. The van der Waals surface area contributed by atoms with E-state index >= 15 is 0 Å². The predicted octanol–water partition coefficient (Wildman–Crippen LogP) is 4.45. The van der Waals surface area contributed by atoms with Crippen LogP contribution in [-0.2, 0) is 14.8 Å². The van der Waals surface area contributed by atoms with Gasteiger partial charge in [-0.3, -0.25) is 9.10 Å². The number of sulfonamides is 1. The van der Waals surface area contributed by atoms with Gasteiger partial charge in [0.1, 0.15) is 12.3 Å². The average Bonchev–Trinajstić information content (AvgIpc) is 2.77. The minimum absolute atomic E-state index is 0.00401. The van der Waals surface area contributed by atoms with Gasteiger partial charge in [0.05, 0.1) is 24.1 Å². The van der Waals surface area contributed by atoms with E-state index in [1.165, 1.54) is 0 Å². The van der Waals surface area contributed by atoms with Crippen LogP contribution in [0, 0.1) is 6.92 Å². The number of ether oxygens (including phenoxy) is 1. The standard InChI is InChI=1S/C26H30N2O4S/c1-19(2)32-24-16-14-23(15-17-24)28(33(4,30)31)18-25(29)27-26(21-8-6-5-7-9-21)22-12-10-20(3)11-13-22/h5-17,19,26H,18H2,1-4H3,(H,27,29). The molecule has 0 saturated carbocycles. The summed E-state index contributed by atoms with van der Waals surface area (Å²) in [5.41, 5.74) is 3.34. The molecular formula is C26H30N2O4S. The number of aryl methyl sites for hydroxylation is 1. The van der Waals surface area contributed by atoms with Crippen molar-refractivity contribution in [1.82, 2.24) is 5.32 Å². The van der Waals surface area contributed by atoms with Gasteiger partial charge in [0, 0.05) is 0 Å². The van der Waals surface area contributed by atoms with Gasteiger partial charge in [0.15, 0.2) is 0 Å². The molecule has 1 N–H and O–H groups in total. The van der Waals surface area contributed by atoms with E-state index in [1.54, 1.807) is 24.3 Å². The number of nitrogens with zero attached hydrogens (tertiary/aromatic N) is 1. The van der Waals surface area contributed by atoms with Crippen LogP contribution in [0.4, 0.5) is 5.69 Å². The summed E-state index contributed by atoms with van der Waals surface area (Å²) in [6.07, 6.45) is 1.09. The molecule has 0 fully saturated rings. The van der Waals surface area contributed by atoms with Gasteiger partial charge in [0.25, 0.3) is 0 Å². The molecule has 0 aliphatic rings. The fraction of sp³-hybridized carbons (Fsp3) is 0.269. The monoisotopic (exact) mass is 466 g/mol. The highest BCUT2D eigenvalue weighted by molar-refractivity contribution is 7.92. The minimum Gasteiger partial charge on any atom is -0.491 e. The molecule has 0 aliphatic carbocycles. The lowest BCUT2D eigenvalue weighted by Gasteiger charge is -2.25. The quantitative estimate of drug-likeness (QED) is 0.505. The first-order valence-corrected chi connectivity index (χ1v) is 12.6. The number of rotatable bonds is 9. The van der Waals surface area contributed by atoms with E-state index in [9.17, 15) is 13.2 Å². The van der Waals surface area contributed by atoms with E-state index in [-0.39, 0.29) is 12.6 Å². The SMILES string of the molecule is Cc1ccc(C(NC(=O)CN(c2ccc(OC(C)C)cc2)S(C)(=O)=O)c2ccccc2)cc1. The van der Waals surface area contributed by atoms with Crippen molar-refractivity contribution in [3.63, 3.8) is 0 Å². The van der Waals surface area contributed by atoms with Crippen LogP contribution in [0.15, 0.2) is 78.9 Å². The first-order chi connectivity index (χ1) is 15.6. The van der Waals surface area contributed by atoms with E-state index in [0.717, 1.165) is 27.3 Å². The van der Waals surface area contributed by atoms with Gasteiger partial charge in [0.2, 0.25) is 15.9 Å². The Hall–Kier alpha value is -3.32. The number of hydrogen-bond donors (Lipinski definition) is 1. The third kappa shape index (κ3) is 6.83. The minimum atomic E-state index is -3.69. The number of hydrogen-bond acceptors (Lipinski definition) is 4. The second kappa shape index (κ2) is 10.5. The molecule has 1 unspecified atom stereocenters. The van der Waals surface area contributed by atoms with Crippen LogP contribution < -0.4 is 14.4 Å². The summed E-state index contributed by atoms with van der Waals surface area (Å²) in [5.74, 6) is 0.229. The second-order valence-electron chi connectivity index (χ2n) is 8.25. The zero-order chi connectivity index (χ0) is 24.0. The predicted molar refractivity (Wildman–Crippen MR) is 132 cm³/mol. The molecule has 0 aliphatic heterocycles. The fourth-order valence-electron chi connectivity index (χ4n) is 3.46. The Morgan fingerprint density at radius 1 is 0.909 bits per heavy atom. The summed E-state index contributed by atoms with van der Waals surface area (Å²) in [4.78, 5) is 13.1. The first kappa shape index (κ1) is 24.3. The lowest BCUT2D eigenvalue weighted by atomic mass is 9.98. The van der Waals surface area contributed by atoms with E-state index < -0.39 is 22.0 Å². The molecule has 174 valence electrons. The molecule has 7 heteroatoms. The molecule has 1 atom stereocenters. The van der Waals surface area contributed by atoms with Crippen molar-refractivity contribution in [3.8, 4) is 5.75 Å². The number of amides is 1. The molecule has 3 aromatic rings. The zero-order valence-electron chi connectivity index (χ0n) is 19.4. The third-order valence-electron chi connectivity index (χ3n) is 5.03. The van der Waals surface area contributed by atoms with Crippen molar-refractivity contribution in [2.75, 3.05) is 17.1 Å². The fourth-order valence-corrected chi connectivity index (χ4v) is 4.32. The van der Waals surface area contributed by atoms with Crippen LogP contribution in [-0.4, -0.2) is 33.2 Å². The van der Waals surface area contributed by atoms with Gasteiger partial charge < -0.3 is 10.1 Å². The van der Waals surface area contributed by atoms with Crippen LogP contribution in [0.25, 0.3) is 0 Å². The van der Waals surface area contributed by atoms with E-state index in [2.05, 4.69) is 5.32 Å². The van der Waals surface area contributed by atoms with Crippen molar-refractivity contribution >= 4 is 21.6 Å². The molecule has 1 amide bonds. The first-order valence-electron chi connectivity index (χ1n) is 10.8. The molecule has 0 spiro atoms. The molecule has 3 rings (SSSR count). The molecule has 0 aromatic heterocycles. The number of carbonyl (C=O) groups is 1. The van der Waals surface area contributed by atoms with E-state index in [1.807, 2.05) is 75.4 Å². The molecule has 0 bridgehead atoms. The highest BCUT2D eigenvalue weighted by Gasteiger charge is 2.24. The Balaban J connectivity index is 1.84. The molecule has 6 nitrogen and oxygen atoms in total. The lowest BCUT2D eigenvalue weighted by molar-refractivity contribution is -0.120. The van der Waals surface area contributed by atoms with Crippen LogP contribution >= 0.6 is 0 Å². The van der Waals surface area contributed by atoms with Crippen molar-refractivity contribution in [1.29, 1.82) is 0 Å². The maximum absolute atomic E-state index is 13.1. The van der Waals surface area contributed by atoms with Crippen LogP contribution in [0.1, 0.15) is 36.6 Å². The van der Waals surface area contributed by atoms with Gasteiger partial charge in [-0.05, 0) is 56.2 Å². The van der Waals surface area contributed by atoms with E-state index in [4.69, 9.17) is 4.74 Å². The lowest BCUT2D eigenvalue weighted by Crippen LogP contribution is -2.41. The molecule has 3 aromatic carbocycles. The molecule has 0 saturated heterocycles. The highest BCUT2D eigenvalue weighted by atomic mass is 32.2. The normalized spacial score (nSPS) is 12.3. The average molecular weight is 467 g/mol. The molecule has 0 heterocycles. The van der Waals surface area contributed by atoms with Crippen molar-refractivity contribution in [2.45, 2.75) is 32.9 Å². The van der Waals surface area contributed by atoms with Crippen molar-refractivity contribution in [2.24, 2.45) is 0 Å². The number of benzene rings is 3. The van der Waals surface area contributed by atoms with Crippen molar-refractivity contribution in [3.05, 3.63) is 95.6 Å². The Kier molecular flexibility index (Phi) is 7.76.